The summed E-state index contributed by atoms with van der Waals surface area (Å²) in [7, 11) is -3.43. The second-order valence-electron chi connectivity index (χ2n) is 4.55. The van der Waals surface area contributed by atoms with E-state index < -0.39 is 10.0 Å². The highest BCUT2D eigenvalue weighted by molar-refractivity contribution is 7.91. The van der Waals surface area contributed by atoms with Crippen molar-refractivity contribution in [2.45, 2.75) is 10.3 Å². The summed E-state index contributed by atoms with van der Waals surface area (Å²) in [5, 5.41) is 5.04. The van der Waals surface area contributed by atoms with Crippen molar-refractivity contribution in [2.75, 3.05) is 19.6 Å². The van der Waals surface area contributed by atoms with Crippen LogP contribution in [-0.4, -0.2) is 37.3 Å². The first-order valence-electron chi connectivity index (χ1n) is 6.35. The number of thiophene rings is 1. The second-order valence-corrected chi connectivity index (χ2v) is 7.62. The highest BCUT2D eigenvalue weighted by atomic mass is 35.5. The molecule has 5 nitrogen and oxygen atoms in total. The summed E-state index contributed by atoms with van der Waals surface area (Å²) in [6.07, 6.45) is 3.42. The third-order valence-corrected chi connectivity index (χ3v) is 6.60. The number of hydrogen-bond donors (Lipinski definition) is 1. The minimum Gasteiger partial charge on any atom is -0.313 e. The van der Waals surface area contributed by atoms with E-state index in [0.717, 1.165) is 5.56 Å². The predicted octanol–water partition coefficient (Wildman–Crippen LogP) is 1.90. The molecule has 3 heterocycles. The normalized spacial score (nSPS) is 19.9. The van der Waals surface area contributed by atoms with Gasteiger partial charge in [0.25, 0.3) is 10.0 Å². The number of nitrogens with zero attached hydrogens (tertiary/aromatic N) is 2. The number of aromatic nitrogens is 1. The van der Waals surface area contributed by atoms with E-state index in [-0.39, 0.29) is 18.4 Å². The molecule has 1 aliphatic rings. The van der Waals surface area contributed by atoms with Crippen molar-refractivity contribution in [3.63, 3.8) is 0 Å². The summed E-state index contributed by atoms with van der Waals surface area (Å²) < 4.78 is 27.4. The Balaban J connectivity index is 0.00000161. The highest BCUT2D eigenvalue weighted by Gasteiger charge is 2.34. The summed E-state index contributed by atoms with van der Waals surface area (Å²) in [4.78, 5) is 4.09. The molecular weight excluding hydrogens is 330 g/mol. The monoisotopic (exact) mass is 345 g/mol. The summed E-state index contributed by atoms with van der Waals surface area (Å²) in [5.74, 6) is 0. The standard InChI is InChI=1S/C13H15N3O2S2.ClH/c17-20(18,13-4-2-8-19-13)16-7-6-15-10-12(16)11-3-1-5-14-9-11;/h1-5,8-9,12,15H,6-7,10H2;1H. The third-order valence-electron chi connectivity index (χ3n) is 3.32. The van der Waals surface area contributed by atoms with Gasteiger partial charge in [-0.1, -0.05) is 12.1 Å². The molecule has 0 aliphatic carbocycles. The van der Waals surface area contributed by atoms with Gasteiger partial charge >= 0.3 is 0 Å². The Labute approximate surface area is 134 Å². The fraction of sp³-hybridized carbons (Fsp3) is 0.308. The van der Waals surface area contributed by atoms with Crippen molar-refractivity contribution in [2.24, 2.45) is 0 Å². The van der Waals surface area contributed by atoms with Crippen LogP contribution in [0.5, 0.6) is 0 Å². The van der Waals surface area contributed by atoms with E-state index in [4.69, 9.17) is 0 Å². The minimum atomic E-state index is -3.43. The lowest BCUT2D eigenvalue weighted by molar-refractivity contribution is 0.271. The van der Waals surface area contributed by atoms with E-state index in [9.17, 15) is 8.42 Å². The molecule has 0 bridgehead atoms. The zero-order valence-corrected chi connectivity index (χ0v) is 13.6. The van der Waals surface area contributed by atoms with Crippen LogP contribution < -0.4 is 5.32 Å². The quantitative estimate of drug-likeness (QED) is 0.923. The van der Waals surface area contributed by atoms with Gasteiger partial charge in [0.2, 0.25) is 0 Å². The molecule has 1 N–H and O–H groups in total. The highest BCUT2D eigenvalue weighted by Crippen LogP contribution is 2.30. The molecule has 2 aromatic heterocycles. The SMILES string of the molecule is Cl.O=S(=O)(c1cccs1)N1CCNCC1c1cccnc1. The van der Waals surface area contributed by atoms with Crippen molar-refractivity contribution in [1.82, 2.24) is 14.6 Å². The molecule has 1 atom stereocenters. The number of pyridine rings is 1. The molecular formula is C13H16ClN3O2S2. The molecule has 0 spiro atoms. The maximum Gasteiger partial charge on any atom is 0.253 e. The third kappa shape index (κ3) is 3.27. The molecule has 0 amide bonds. The molecule has 1 fully saturated rings. The largest absolute Gasteiger partial charge is 0.313 e. The first-order valence-corrected chi connectivity index (χ1v) is 8.67. The first-order chi connectivity index (χ1) is 9.69. The molecule has 1 saturated heterocycles. The predicted molar refractivity (Wildman–Crippen MR) is 85.3 cm³/mol. The van der Waals surface area contributed by atoms with E-state index in [1.165, 1.54) is 11.3 Å². The minimum absolute atomic E-state index is 0. The Hall–Kier alpha value is -0.990. The van der Waals surface area contributed by atoms with Crippen molar-refractivity contribution in [3.8, 4) is 0 Å². The van der Waals surface area contributed by atoms with Gasteiger partial charge in [-0.25, -0.2) is 8.42 Å². The fourth-order valence-electron chi connectivity index (χ4n) is 2.36. The zero-order valence-electron chi connectivity index (χ0n) is 11.2. The van der Waals surface area contributed by atoms with E-state index in [0.29, 0.717) is 23.8 Å². The molecule has 0 radical (unpaired) electrons. The zero-order chi connectivity index (χ0) is 14.0. The fourth-order valence-corrected chi connectivity index (χ4v) is 5.09. The Morgan fingerprint density at radius 2 is 2.19 bits per heavy atom. The van der Waals surface area contributed by atoms with Crippen LogP contribution in [0.25, 0.3) is 0 Å². The number of hydrogen-bond acceptors (Lipinski definition) is 5. The topological polar surface area (TPSA) is 62.3 Å². The Morgan fingerprint density at radius 1 is 1.33 bits per heavy atom. The number of halogens is 1. The maximum absolute atomic E-state index is 12.7. The molecule has 1 aliphatic heterocycles. The molecule has 1 unspecified atom stereocenters. The van der Waals surface area contributed by atoms with Crippen molar-refractivity contribution in [3.05, 3.63) is 47.6 Å². The van der Waals surface area contributed by atoms with Crippen LogP contribution in [0.4, 0.5) is 0 Å². The van der Waals surface area contributed by atoms with E-state index in [2.05, 4.69) is 10.3 Å². The van der Waals surface area contributed by atoms with Crippen LogP contribution in [0, 0.1) is 0 Å². The molecule has 8 heteroatoms. The van der Waals surface area contributed by atoms with Crippen LogP contribution in [0.1, 0.15) is 11.6 Å². The smallest absolute Gasteiger partial charge is 0.253 e. The molecule has 0 saturated carbocycles. The van der Waals surface area contributed by atoms with E-state index in [1.54, 1.807) is 34.2 Å². The first kappa shape index (κ1) is 16.4. The lowest BCUT2D eigenvalue weighted by Crippen LogP contribution is -2.48. The number of piperazine rings is 1. The van der Waals surface area contributed by atoms with Gasteiger partial charge in [0.15, 0.2) is 0 Å². The van der Waals surface area contributed by atoms with Gasteiger partial charge in [-0.15, -0.1) is 23.7 Å². The maximum atomic E-state index is 12.7. The average Bonchev–Trinajstić information content (AvgIpc) is 3.03. The van der Waals surface area contributed by atoms with Crippen LogP contribution in [0.3, 0.4) is 0 Å². The van der Waals surface area contributed by atoms with Crippen molar-refractivity contribution in [1.29, 1.82) is 0 Å². The van der Waals surface area contributed by atoms with Crippen LogP contribution in [0.2, 0.25) is 0 Å². The van der Waals surface area contributed by atoms with Gasteiger partial charge < -0.3 is 5.32 Å². The summed E-state index contributed by atoms with van der Waals surface area (Å²) in [6, 6.07) is 6.97. The summed E-state index contributed by atoms with van der Waals surface area (Å²) >= 11 is 1.26. The number of nitrogens with one attached hydrogen (secondary N) is 1. The lowest BCUT2D eigenvalue weighted by atomic mass is 10.1. The van der Waals surface area contributed by atoms with Gasteiger partial charge in [-0.2, -0.15) is 4.31 Å². The second kappa shape index (κ2) is 6.85. The summed E-state index contributed by atoms with van der Waals surface area (Å²) in [6.45, 7) is 1.75. The summed E-state index contributed by atoms with van der Waals surface area (Å²) in [5.41, 5.74) is 0.917. The van der Waals surface area contributed by atoms with Crippen LogP contribution in [0.15, 0.2) is 46.2 Å². The molecule has 21 heavy (non-hydrogen) atoms. The van der Waals surface area contributed by atoms with Crippen molar-refractivity contribution >= 4 is 33.8 Å². The van der Waals surface area contributed by atoms with Gasteiger partial charge in [-0.3, -0.25) is 4.98 Å². The van der Waals surface area contributed by atoms with Crippen molar-refractivity contribution < 1.29 is 8.42 Å². The van der Waals surface area contributed by atoms with Gasteiger partial charge in [0.05, 0.1) is 6.04 Å². The molecule has 3 rings (SSSR count). The molecule has 0 aromatic carbocycles. The van der Waals surface area contributed by atoms with Crippen LogP contribution >= 0.6 is 23.7 Å². The number of sulfonamides is 1. The van der Waals surface area contributed by atoms with Gasteiger partial charge in [0, 0.05) is 32.0 Å². The van der Waals surface area contributed by atoms with Crippen LogP contribution in [-0.2, 0) is 10.0 Å². The Bertz CT molecular complexity index is 662. The van der Waals surface area contributed by atoms with Gasteiger partial charge in [-0.05, 0) is 23.1 Å². The van der Waals surface area contributed by atoms with E-state index in [1.807, 2.05) is 12.1 Å². The Kier molecular flexibility index (Phi) is 5.34. The van der Waals surface area contributed by atoms with E-state index >= 15 is 0 Å². The lowest BCUT2D eigenvalue weighted by Gasteiger charge is -2.34. The Morgan fingerprint density at radius 3 is 2.86 bits per heavy atom. The number of rotatable bonds is 3. The average molecular weight is 346 g/mol. The molecule has 114 valence electrons. The van der Waals surface area contributed by atoms with Gasteiger partial charge in [0.1, 0.15) is 4.21 Å². The molecule has 2 aromatic rings.